The summed E-state index contributed by atoms with van der Waals surface area (Å²) in [6.45, 7) is 5.18. The molecule has 7 nitrogen and oxygen atoms in total. The van der Waals surface area contributed by atoms with Gasteiger partial charge in [-0.3, -0.25) is 14.4 Å². The number of carbonyl (C=O) groups is 2. The number of aryl methyl sites for hydroxylation is 2. The van der Waals surface area contributed by atoms with Crippen LogP contribution in [0.25, 0.3) is 0 Å². The SMILES string of the molecule is COCCN1CC(C(=O)NCc2c(C)cc(C)[nH]c2=O)CC1=O. The number of aromatic amines is 1. The van der Waals surface area contributed by atoms with E-state index in [1.807, 2.05) is 19.9 Å². The lowest BCUT2D eigenvalue weighted by atomic mass is 10.1. The van der Waals surface area contributed by atoms with Crippen molar-refractivity contribution >= 4 is 11.8 Å². The van der Waals surface area contributed by atoms with Crippen LogP contribution in [0.15, 0.2) is 10.9 Å². The van der Waals surface area contributed by atoms with Gasteiger partial charge in [0.1, 0.15) is 0 Å². The number of rotatable bonds is 6. The summed E-state index contributed by atoms with van der Waals surface area (Å²) >= 11 is 0. The number of carbonyl (C=O) groups excluding carboxylic acids is 2. The zero-order chi connectivity index (χ0) is 17.0. The second kappa shape index (κ2) is 7.41. The Labute approximate surface area is 135 Å². The van der Waals surface area contributed by atoms with Crippen molar-refractivity contribution in [3.63, 3.8) is 0 Å². The molecule has 1 fully saturated rings. The van der Waals surface area contributed by atoms with Gasteiger partial charge in [-0.15, -0.1) is 0 Å². The molecule has 2 rings (SSSR count). The van der Waals surface area contributed by atoms with E-state index < -0.39 is 0 Å². The van der Waals surface area contributed by atoms with Crippen LogP contribution in [-0.4, -0.2) is 48.5 Å². The maximum absolute atomic E-state index is 12.2. The van der Waals surface area contributed by atoms with Gasteiger partial charge in [0.15, 0.2) is 0 Å². The van der Waals surface area contributed by atoms with Crippen molar-refractivity contribution < 1.29 is 14.3 Å². The lowest BCUT2D eigenvalue weighted by Crippen LogP contribution is -2.35. The maximum Gasteiger partial charge on any atom is 0.253 e. The molecule has 1 atom stereocenters. The third-order valence-corrected chi connectivity index (χ3v) is 4.08. The fraction of sp³-hybridized carbons (Fsp3) is 0.562. The highest BCUT2D eigenvalue weighted by molar-refractivity contribution is 5.89. The zero-order valence-corrected chi connectivity index (χ0v) is 13.8. The van der Waals surface area contributed by atoms with Crippen molar-refractivity contribution in [1.29, 1.82) is 0 Å². The van der Waals surface area contributed by atoms with Crippen LogP contribution in [-0.2, 0) is 20.9 Å². The summed E-state index contributed by atoms with van der Waals surface area (Å²) in [5.41, 5.74) is 1.99. The monoisotopic (exact) mass is 321 g/mol. The fourth-order valence-electron chi connectivity index (χ4n) is 2.79. The Bertz CT molecular complexity index is 653. The zero-order valence-electron chi connectivity index (χ0n) is 13.8. The Morgan fingerprint density at radius 3 is 2.83 bits per heavy atom. The number of methoxy groups -OCH3 is 1. The summed E-state index contributed by atoms with van der Waals surface area (Å²) in [4.78, 5) is 40.4. The maximum atomic E-state index is 12.2. The topological polar surface area (TPSA) is 91.5 Å². The second-order valence-corrected chi connectivity index (χ2v) is 5.89. The van der Waals surface area contributed by atoms with E-state index in [9.17, 15) is 14.4 Å². The first-order valence-corrected chi connectivity index (χ1v) is 7.66. The molecule has 2 amide bonds. The van der Waals surface area contributed by atoms with Crippen molar-refractivity contribution in [2.45, 2.75) is 26.8 Å². The molecule has 2 heterocycles. The van der Waals surface area contributed by atoms with Crippen molar-refractivity contribution in [3.8, 4) is 0 Å². The normalized spacial score (nSPS) is 17.6. The molecule has 1 aliphatic rings. The van der Waals surface area contributed by atoms with E-state index in [0.29, 0.717) is 25.3 Å². The number of likely N-dealkylation sites (tertiary alicyclic amines) is 1. The molecule has 1 aromatic rings. The average Bonchev–Trinajstić information content (AvgIpc) is 2.85. The van der Waals surface area contributed by atoms with E-state index in [-0.39, 0.29) is 36.3 Å². The lowest BCUT2D eigenvalue weighted by Gasteiger charge is -2.16. The van der Waals surface area contributed by atoms with Crippen LogP contribution in [0.1, 0.15) is 23.2 Å². The van der Waals surface area contributed by atoms with Gasteiger partial charge < -0.3 is 19.9 Å². The van der Waals surface area contributed by atoms with Crippen molar-refractivity contribution in [1.82, 2.24) is 15.2 Å². The standard InChI is InChI=1S/C16H23N3O4/c1-10-6-11(2)18-16(22)13(10)8-17-15(21)12-7-14(20)19(9-12)4-5-23-3/h6,12H,4-5,7-9H2,1-3H3,(H,17,21)(H,18,22). The van der Waals surface area contributed by atoms with E-state index in [0.717, 1.165) is 11.3 Å². The summed E-state index contributed by atoms with van der Waals surface area (Å²) in [6.07, 6.45) is 0.207. The molecule has 0 aromatic carbocycles. The number of nitrogens with zero attached hydrogens (tertiary/aromatic N) is 1. The number of pyridine rings is 1. The minimum Gasteiger partial charge on any atom is -0.383 e. The molecule has 1 aliphatic heterocycles. The summed E-state index contributed by atoms with van der Waals surface area (Å²) in [5, 5.41) is 2.77. The molecule has 1 aromatic heterocycles. The number of aromatic nitrogens is 1. The van der Waals surface area contributed by atoms with Crippen LogP contribution in [0.5, 0.6) is 0 Å². The minimum atomic E-state index is -0.371. The quantitative estimate of drug-likeness (QED) is 0.777. The van der Waals surface area contributed by atoms with Gasteiger partial charge in [-0.1, -0.05) is 0 Å². The first kappa shape index (κ1) is 17.2. The molecular formula is C16H23N3O4. The Kier molecular flexibility index (Phi) is 5.54. The van der Waals surface area contributed by atoms with Gasteiger partial charge >= 0.3 is 0 Å². The Morgan fingerprint density at radius 2 is 2.17 bits per heavy atom. The predicted molar refractivity (Wildman–Crippen MR) is 84.9 cm³/mol. The van der Waals surface area contributed by atoms with E-state index in [1.165, 1.54) is 0 Å². The van der Waals surface area contributed by atoms with Crippen LogP contribution >= 0.6 is 0 Å². The molecule has 7 heteroatoms. The summed E-state index contributed by atoms with van der Waals surface area (Å²) in [7, 11) is 1.58. The highest BCUT2D eigenvalue weighted by atomic mass is 16.5. The van der Waals surface area contributed by atoms with Gasteiger partial charge in [0.2, 0.25) is 11.8 Å². The minimum absolute atomic E-state index is 0.0356. The van der Waals surface area contributed by atoms with Gasteiger partial charge in [-0.05, 0) is 25.5 Å². The van der Waals surface area contributed by atoms with Crippen LogP contribution in [0.2, 0.25) is 0 Å². The largest absolute Gasteiger partial charge is 0.383 e. The first-order valence-electron chi connectivity index (χ1n) is 7.66. The smallest absolute Gasteiger partial charge is 0.253 e. The summed E-state index contributed by atoms with van der Waals surface area (Å²) < 4.78 is 4.96. The van der Waals surface area contributed by atoms with Crippen LogP contribution in [0.4, 0.5) is 0 Å². The van der Waals surface area contributed by atoms with Crippen molar-refractivity contribution in [3.05, 3.63) is 33.2 Å². The summed E-state index contributed by atoms with van der Waals surface area (Å²) in [6, 6.07) is 1.87. The van der Waals surface area contributed by atoms with E-state index in [1.54, 1.807) is 12.0 Å². The number of hydrogen-bond acceptors (Lipinski definition) is 4. The highest BCUT2D eigenvalue weighted by Gasteiger charge is 2.33. The van der Waals surface area contributed by atoms with E-state index in [4.69, 9.17) is 4.74 Å². The Morgan fingerprint density at radius 1 is 1.43 bits per heavy atom. The third kappa shape index (κ3) is 4.19. The number of H-pyrrole nitrogens is 1. The average molecular weight is 321 g/mol. The number of hydrogen-bond donors (Lipinski definition) is 2. The molecular weight excluding hydrogens is 298 g/mol. The number of amides is 2. The van der Waals surface area contributed by atoms with E-state index in [2.05, 4.69) is 10.3 Å². The molecule has 0 spiro atoms. The van der Waals surface area contributed by atoms with Gasteiger partial charge in [0.25, 0.3) is 5.56 Å². The van der Waals surface area contributed by atoms with E-state index >= 15 is 0 Å². The van der Waals surface area contributed by atoms with Gasteiger partial charge in [0, 0.05) is 44.4 Å². The second-order valence-electron chi connectivity index (χ2n) is 5.89. The molecule has 23 heavy (non-hydrogen) atoms. The van der Waals surface area contributed by atoms with Crippen LogP contribution < -0.4 is 10.9 Å². The fourth-order valence-corrected chi connectivity index (χ4v) is 2.79. The van der Waals surface area contributed by atoms with Gasteiger partial charge in [0.05, 0.1) is 12.5 Å². The van der Waals surface area contributed by atoms with Gasteiger partial charge in [-0.2, -0.15) is 0 Å². The van der Waals surface area contributed by atoms with Gasteiger partial charge in [-0.25, -0.2) is 0 Å². The van der Waals surface area contributed by atoms with Crippen molar-refractivity contribution in [2.24, 2.45) is 5.92 Å². The number of nitrogens with one attached hydrogen (secondary N) is 2. The summed E-state index contributed by atoms with van der Waals surface area (Å²) in [5.74, 6) is -0.603. The third-order valence-electron chi connectivity index (χ3n) is 4.08. The highest BCUT2D eigenvalue weighted by Crippen LogP contribution is 2.17. The Hall–Kier alpha value is -2.15. The van der Waals surface area contributed by atoms with Crippen LogP contribution in [0.3, 0.4) is 0 Å². The van der Waals surface area contributed by atoms with Crippen molar-refractivity contribution in [2.75, 3.05) is 26.8 Å². The molecule has 126 valence electrons. The lowest BCUT2D eigenvalue weighted by molar-refractivity contribution is -0.129. The number of ether oxygens (including phenoxy) is 1. The predicted octanol–water partition coefficient (Wildman–Crippen LogP) is 0.103. The Balaban J connectivity index is 1.93. The molecule has 2 N–H and O–H groups in total. The molecule has 0 saturated carbocycles. The molecule has 0 radical (unpaired) electrons. The molecule has 1 unspecified atom stereocenters. The molecule has 0 aliphatic carbocycles. The molecule has 0 bridgehead atoms. The molecule has 1 saturated heterocycles. The first-order chi connectivity index (χ1) is 10.9. The van der Waals surface area contributed by atoms with Crippen LogP contribution in [0, 0.1) is 19.8 Å².